The Hall–Kier alpha value is -1.76. The zero-order valence-corrected chi connectivity index (χ0v) is 17.2. The van der Waals surface area contributed by atoms with Crippen molar-refractivity contribution >= 4 is 11.8 Å². The third-order valence-electron chi connectivity index (χ3n) is 6.80. The number of aliphatic carboxylic acids is 1. The molecule has 2 atom stereocenters. The van der Waals surface area contributed by atoms with Crippen molar-refractivity contribution in [1.82, 2.24) is 10.2 Å². The summed E-state index contributed by atoms with van der Waals surface area (Å²) < 4.78 is 5.34. The van der Waals surface area contributed by atoms with E-state index >= 15 is 0 Å². The average Bonchev–Trinajstić information content (AvgIpc) is 2.72. The maximum atomic E-state index is 13.5. The van der Waals surface area contributed by atoms with E-state index in [0.29, 0.717) is 12.0 Å². The van der Waals surface area contributed by atoms with E-state index in [1.54, 1.807) is 0 Å². The summed E-state index contributed by atoms with van der Waals surface area (Å²) in [5.74, 6) is -1.52. The summed E-state index contributed by atoms with van der Waals surface area (Å²) in [6.07, 6.45) is 4.28. The lowest BCUT2D eigenvalue weighted by molar-refractivity contribution is -0.145. The molecule has 0 aromatic heterocycles. The van der Waals surface area contributed by atoms with E-state index in [0.717, 1.165) is 58.5 Å². The lowest BCUT2D eigenvalue weighted by Crippen LogP contribution is -2.57. The van der Waals surface area contributed by atoms with Crippen LogP contribution in [-0.4, -0.2) is 66.7 Å². The van der Waals surface area contributed by atoms with E-state index in [1.165, 1.54) is 5.56 Å². The van der Waals surface area contributed by atoms with Gasteiger partial charge in [-0.2, -0.15) is 0 Å². The molecule has 3 fully saturated rings. The van der Waals surface area contributed by atoms with E-state index in [9.17, 15) is 14.7 Å². The van der Waals surface area contributed by atoms with Gasteiger partial charge in [-0.25, -0.2) is 0 Å². The maximum absolute atomic E-state index is 13.5. The Kier molecular flexibility index (Phi) is 6.04. The quantitative estimate of drug-likeness (QED) is 0.714. The normalized spacial score (nSPS) is 27.9. The Morgan fingerprint density at radius 2 is 1.86 bits per heavy atom. The van der Waals surface area contributed by atoms with Crippen molar-refractivity contribution in [3.05, 3.63) is 35.4 Å². The fourth-order valence-corrected chi connectivity index (χ4v) is 5.16. The number of likely N-dealkylation sites (tertiary alicyclic amines) is 1. The van der Waals surface area contributed by atoms with Gasteiger partial charge in [0, 0.05) is 17.0 Å². The molecular weight excluding hydrogens is 368 g/mol. The van der Waals surface area contributed by atoms with Crippen LogP contribution in [0.15, 0.2) is 24.3 Å². The number of carboxylic acid groups (broad SMARTS) is 1. The number of ketones is 1. The van der Waals surface area contributed by atoms with Crippen LogP contribution in [0, 0.1) is 11.3 Å². The van der Waals surface area contributed by atoms with E-state index in [1.807, 2.05) is 24.3 Å². The highest BCUT2D eigenvalue weighted by atomic mass is 16.5. The van der Waals surface area contributed by atoms with Crippen LogP contribution in [0.3, 0.4) is 0 Å². The van der Waals surface area contributed by atoms with E-state index in [-0.39, 0.29) is 17.2 Å². The molecule has 3 saturated heterocycles. The smallest absolute Gasteiger partial charge is 0.308 e. The first-order valence-corrected chi connectivity index (χ1v) is 10.9. The molecule has 0 radical (unpaired) electrons. The van der Waals surface area contributed by atoms with Crippen LogP contribution in [0.25, 0.3) is 0 Å². The van der Waals surface area contributed by atoms with Crippen molar-refractivity contribution in [1.29, 1.82) is 0 Å². The molecule has 158 valence electrons. The highest BCUT2D eigenvalue weighted by Gasteiger charge is 2.43. The Balaban J connectivity index is 1.54. The topological polar surface area (TPSA) is 78.9 Å². The van der Waals surface area contributed by atoms with Crippen LogP contribution in [0.2, 0.25) is 0 Å². The molecule has 0 saturated carbocycles. The summed E-state index contributed by atoms with van der Waals surface area (Å²) in [6, 6.07) is 7.52. The van der Waals surface area contributed by atoms with Gasteiger partial charge in [-0.3, -0.25) is 14.5 Å². The predicted octanol–water partition coefficient (Wildman–Crippen LogP) is 2.37. The van der Waals surface area contributed by atoms with Crippen LogP contribution in [0.5, 0.6) is 0 Å². The second-order valence-electron chi connectivity index (χ2n) is 9.29. The number of Topliss-reactive ketones (excluding diaryl/α,β-unsaturated/α-hetero) is 1. The van der Waals surface area contributed by atoms with Crippen molar-refractivity contribution in [2.75, 3.05) is 32.8 Å². The second-order valence-corrected chi connectivity index (χ2v) is 9.29. The van der Waals surface area contributed by atoms with Gasteiger partial charge in [0.25, 0.3) is 0 Å². The van der Waals surface area contributed by atoms with E-state index in [4.69, 9.17) is 4.74 Å². The third-order valence-corrected chi connectivity index (χ3v) is 6.80. The molecule has 4 rings (SSSR count). The molecular formula is C23H32N2O4. The van der Waals surface area contributed by atoms with Gasteiger partial charge in [0.05, 0.1) is 25.2 Å². The lowest BCUT2D eigenvalue weighted by Gasteiger charge is -2.44. The van der Waals surface area contributed by atoms with Gasteiger partial charge in [0.1, 0.15) is 0 Å². The first-order valence-electron chi connectivity index (χ1n) is 10.9. The summed E-state index contributed by atoms with van der Waals surface area (Å²) in [5.41, 5.74) is 2.01. The number of nitrogens with one attached hydrogen (secondary N) is 1. The monoisotopic (exact) mass is 400 g/mol. The van der Waals surface area contributed by atoms with Crippen LogP contribution in [0.4, 0.5) is 0 Å². The SMILES string of the molecule is CC1(Cc2ccc(C(=O)C3C(C(=O)O)CCCN3C3CCNCC3)cc2)COC1. The number of piperidine rings is 2. The van der Waals surface area contributed by atoms with Gasteiger partial charge in [-0.1, -0.05) is 31.2 Å². The molecule has 1 aromatic carbocycles. The summed E-state index contributed by atoms with van der Waals surface area (Å²) >= 11 is 0. The highest BCUT2D eigenvalue weighted by Crippen LogP contribution is 2.33. The number of benzene rings is 1. The molecule has 0 spiro atoms. The molecule has 6 heteroatoms. The predicted molar refractivity (Wildman–Crippen MR) is 110 cm³/mol. The number of nitrogens with zero attached hydrogens (tertiary/aromatic N) is 1. The number of carboxylic acids is 1. The Morgan fingerprint density at radius 3 is 2.45 bits per heavy atom. The van der Waals surface area contributed by atoms with Crippen molar-refractivity contribution in [2.45, 2.75) is 51.1 Å². The molecule has 3 aliphatic rings. The number of hydrogen-bond acceptors (Lipinski definition) is 5. The molecule has 3 aliphatic heterocycles. The Labute approximate surface area is 172 Å². The maximum Gasteiger partial charge on any atom is 0.308 e. The molecule has 2 N–H and O–H groups in total. The van der Waals surface area contributed by atoms with Gasteiger partial charge in [0.15, 0.2) is 5.78 Å². The van der Waals surface area contributed by atoms with Gasteiger partial charge in [-0.15, -0.1) is 0 Å². The minimum absolute atomic E-state index is 0.0413. The second kappa shape index (κ2) is 8.54. The van der Waals surface area contributed by atoms with Gasteiger partial charge < -0.3 is 15.2 Å². The number of ether oxygens (including phenoxy) is 1. The minimum atomic E-state index is -0.850. The first-order chi connectivity index (χ1) is 14.0. The molecule has 0 bridgehead atoms. The van der Waals surface area contributed by atoms with Gasteiger partial charge >= 0.3 is 5.97 Å². The summed E-state index contributed by atoms with van der Waals surface area (Å²) in [4.78, 5) is 27.7. The van der Waals surface area contributed by atoms with Crippen molar-refractivity contribution in [3.8, 4) is 0 Å². The summed E-state index contributed by atoms with van der Waals surface area (Å²) in [7, 11) is 0. The third kappa shape index (κ3) is 4.39. The molecule has 6 nitrogen and oxygen atoms in total. The van der Waals surface area contributed by atoms with Gasteiger partial charge in [0.2, 0.25) is 0 Å². The Bertz CT molecular complexity index is 738. The van der Waals surface area contributed by atoms with Crippen molar-refractivity contribution < 1.29 is 19.4 Å². The molecule has 0 amide bonds. The first kappa shape index (κ1) is 20.5. The van der Waals surface area contributed by atoms with E-state index < -0.39 is 17.9 Å². The van der Waals surface area contributed by atoms with Crippen LogP contribution < -0.4 is 5.32 Å². The van der Waals surface area contributed by atoms with Crippen LogP contribution >= 0.6 is 0 Å². The molecule has 0 aliphatic carbocycles. The van der Waals surface area contributed by atoms with E-state index in [2.05, 4.69) is 17.1 Å². The standard InChI is InChI=1S/C23H32N2O4/c1-23(14-29-15-23)13-16-4-6-17(7-5-16)21(26)20-19(22(27)28)3-2-12-25(20)18-8-10-24-11-9-18/h4-7,18-20,24H,2-3,8-15H2,1H3,(H,27,28). The summed E-state index contributed by atoms with van der Waals surface area (Å²) in [6.45, 7) is 6.43. The highest BCUT2D eigenvalue weighted by molar-refractivity contribution is 6.02. The van der Waals surface area contributed by atoms with Gasteiger partial charge in [-0.05, 0) is 57.3 Å². The molecule has 29 heavy (non-hydrogen) atoms. The average molecular weight is 401 g/mol. The number of carbonyl (C=O) groups is 2. The van der Waals surface area contributed by atoms with Crippen LogP contribution in [-0.2, 0) is 16.0 Å². The number of hydrogen-bond donors (Lipinski definition) is 2. The molecule has 2 unspecified atom stereocenters. The number of carbonyl (C=O) groups excluding carboxylic acids is 1. The van der Waals surface area contributed by atoms with Crippen molar-refractivity contribution in [2.24, 2.45) is 11.3 Å². The fourth-order valence-electron chi connectivity index (χ4n) is 5.16. The largest absolute Gasteiger partial charge is 0.481 e. The minimum Gasteiger partial charge on any atom is -0.481 e. The Morgan fingerprint density at radius 1 is 1.17 bits per heavy atom. The molecule has 1 aromatic rings. The fraction of sp³-hybridized carbons (Fsp3) is 0.652. The van der Waals surface area contributed by atoms with Crippen molar-refractivity contribution in [3.63, 3.8) is 0 Å². The summed E-state index contributed by atoms with van der Waals surface area (Å²) in [5, 5.41) is 13.2. The lowest BCUT2D eigenvalue weighted by atomic mass is 9.80. The molecule has 3 heterocycles. The number of rotatable bonds is 6. The van der Waals surface area contributed by atoms with Crippen LogP contribution in [0.1, 0.15) is 48.5 Å². The zero-order chi connectivity index (χ0) is 20.4. The zero-order valence-electron chi connectivity index (χ0n) is 17.2.